The van der Waals surface area contributed by atoms with E-state index in [9.17, 15) is 9.59 Å². The highest BCUT2D eigenvalue weighted by atomic mass is 35.5. The van der Waals surface area contributed by atoms with Crippen molar-refractivity contribution in [3.05, 3.63) is 81.2 Å². The number of carbonyl (C=O) groups is 1. The third kappa shape index (κ3) is 3.96. The molecule has 0 saturated carbocycles. The van der Waals surface area contributed by atoms with Crippen LogP contribution >= 0.6 is 11.6 Å². The molecule has 1 amide bonds. The van der Waals surface area contributed by atoms with Gasteiger partial charge < -0.3 is 9.73 Å². The lowest BCUT2D eigenvalue weighted by atomic mass is 10.1. The molecule has 1 saturated heterocycles. The van der Waals surface area contributed by atoms with Gasteiger partial charge in [-0.3, -0.25) is 14.5 Å². The molecular weight excluding hydrogens is 376 g/mol. The van der Waals surface area contributed by atoms with Crippen LogP contribution in [-0.4, -0.2) is 30.4 Å². The summed E-state index contributed by atoms with van der Waals surface area (Å²) >= 11 is 6.17. The molecule has 0 bridgehead atoms. The molecular formula is C22H21ClN2O3. The maximum atomic E-state index is 12.7. The van der Waals surface area contributed by atoms with E-state index in [4.69, 9.17) is 16.0 Å². The van der Waals surface area contributed by atoms with Crippen LogP contribution in [0.1, 0.15) is 35.0 Å². The number of hydrogen-bond acceptors (Lipinski definition) is 4. The van der Waals surface area contributed by atoms with Gasteiger partial charge in [-0.05, 0) is 55.8 Å². The van der Waals surface area contributed by atoms with E-state index in [1.54, 1.807) is 24.3 Å². The fourth-order valence-electron chi connectivity index (χ4n) is 3.72. The van der Waals surface area contributed by atoms with Gasteiger partial charge in [0.2, 0.25) is 0 Å². The average Bonchev–Trinajstić information content (AvgIpc) is 3.22. The monoisotopic (exact) mass is 396 g/mol. The Morgan fingerprint density at radius 2 is 1.89 bits per heavy atom. The second-order valence-corrected chi connectivity index (χ2v) is 7.43. The van der Waals surface area contributed by atoms with Gasteiger partial charge in [0.25, 0.3) is 5.91 Å². The van der Waals surface area contributed by atoms with E-state index in [2.05, 4.69) is 10.2 Å². The Morgan fingerprint density at radius 3 is 2.68 bits per heavy atom. The molecule has 1 aliphatic rings. The molecule has 1 atom stereocenters. The molecule has 28 heavy (non-hydrogen) atoms. The summed E-state index contributed by atoms with van der Waals surface area (Å²) in [4.78, 5) is 27.3. The summed E-state index contributed by atoms with van der Waals surface area (Å²) in [6.45, 7) is 2.38. The first-order valence-electron chi connectivity index (χ1n) is 9.42. The van der Waals surface area contributed by atoms with Gasteiger partial charge in [0, 0.05) is 17.6 Å². The zero-order chi connectivity index (χ0) is 19.5. The Bertz CT molecular complexity index is 1060. The largest absolute Gasteiger partial charge is 0.451 e. The number of amides is 1. The van der Waals surface area contributed by atoms with Gasteiger partial charge >= 0.3 is 0 Å². The van der Waals surface area contributed by atoms with Crippen LogP contribution in [0, 0.1) is 0 Å². The van der Waals surface area contributed by atoms with Gasteiger partial charge in [-0.1, -0.05) is 35.9 Å². The molecule has 0 spiro atoms. The second-order valence-electron chi connectivity index (χ2n) is 6.99. The maximum absolute atomic E-state index is 12.7. The molecule has 1 aromatic heterocycles. The molecule has 0 aliphatic carbocycles. The van der Waals surface area contributed by atoms with E-state index in [0.29, 0.717) is 22.5 Å². The van der Waals surface area contributed by atoms with Crippen LogP contribution in [-0.2, 0) is 0 Å². The van der Waals surface area contributed by atoms with Crippen LogP contribution in [0.3, 0.4) is 0 Å². The van der Waals surface area contributed by atoms with E-state index in [0.717, 1.165) is 31.5 Å². The Balaban J connectivity index is 1.55. The highest BCUT2D eigenvalue weighted by Gasteiger charge is 2.25. The predicted molar refractivity (Wildman–Crippen MR) is 110 cm³/mol. The van der Waals surface area contributed by atoms with Crippen LogP contribution in [0.15, 0.2) is 63.8 Å². The normalized spacial score (nSPS) is 15.6. The number of para-hydroxylation sites is 1. The summed E-state index contributed by atoms with van der Waals surface area (Å²) < 4.78 is 5.64. The summed E-state index contributed by atoms with van der Waals surface area (Å²) in [5, 5.41) is 4.07. The lowest BCUT2D eigenvalue weighted by Crippen LogP contribution is -2.37. The lowest BCUT2D eigenvalue weighted by molar-refractivity contribution is 0.0910. The van der Waals surface area contributed by atoms with Crippen molar-refractivity contribution in [1.82, 2.24) is 10.2 Å². The van der Waals surface area contributed by atoms with Crippen molar-refractivity contribution in [2.45, 2.75) is 18.9 Å². The molecule has 5 nitrogen and oxygen atoms in total. The average molecular weight is 397 g/mol. The SMILES string of the molecule is O=C(NCC(c1cccc(Cl)c1)N1CCCC1)c1cc(=O)c2ccccc2o1. The highest BCUT2D eigenvalue weighted by molar-refractivity contribution is 6.30. The minimum atomic E-state index is -0.394. The molecule has 6 heteroatoms. The van der Waals surface area contributed by atoms with E-state index in [1.807, 2.05) is 24.3 Å². The van der Waals surface area contributed by atoms with Crippen molar-refractivity contribution < 1.29 is 9.21 Å². The minimum absolute atomic E-state index is 0.0231. The molecule has 3 aromatic rings. The van der Waals surface area contributed by atoms with E-state index in [1.165, 1.54) is 6.07 Å². The van der Waals surface area contributed by atoms with Crippen molar-refractivity contribution in [3.63, 3.8) is 0 Å². The van der Waals surface area contributed by atoms with E-state index >= 15 is 0 Å². The Kier molecular flexibility index (Phi) is 5.46. The maximum Gasteiger partial charge on any atom is 0.287 e. The van der Waals surface area contributed by atoms with Crippen LogP contribution < -0.4 is 10.7 Å². The molecule has 1 unspecified atom stereocenters. The first-order valence-corrected chi connectivity index (χ1v) is 9.80. The fourth-order valence-corrected chi connectivity index (χ4v) is 3.92. The molecule has 2 aromatic carbocycles. The fraction of sp³-hybridized carbons (Fsp3) is 0.273. The number of nitrogens with zero attached hydrogens (tertiary/aromatic N) is 1. The summed E-state index contributed by atoms with van der Waals surface area (Å²) in [6, 6.07) is 15.9. The summed E-state index contributed by atoms with van der Waals surface area (Å²) in [7, 11) is 0. The van der Waals surface area contributed by atoms with Crippen molar-refractivity contribution in [1.29, 1.82) is 0 Å². The van der Waals surface area contributed by atoms with Gasteiger partial charge in [-0.25, -0.2) is 0 Å². The van der Waals surface area contributed by atoms with Gasteiger partial charge in [0.1, 0.15) is 5.58 Å². The molecule has 2 heterocycles. The van der Waals surface area contributed by atoms with Crippen molar-refractivity contribution in [2.24, 2.45) is 0 Å². The van der Waals surface area contributed by atoms with Crippen molar-refractivity contribution in [2.75, 3.05) is 19.6 Å². The number of halogens is 1. The van der Waals surface area contributed by atoms with Crippen molar-refractivity contribution in [3.8, 4) is 0 Å². The minimum Gasteiger partial charge on any atom is -0.451 e. The number of likely N-dealkylation sites (tertiary alicyclic amines) is 1. The topological polar surface area (TPSA) is 62.6 Å². The molecule has 4 rings (SSSR count). The van der Waals surface area contributed by atoms with Gasteiger partial charge in [0.15, 0.2) is 11.2 Å². The predicted octanol–water partition coefficient (Wildman–Crippen LogP) is 4.01. The second kappa shape index (κ2) is 8.17. The number of rotatable bonds is 5. The van der Waals surface area contributed by atoms with Crippen LogP contribution in [0.4, 0.5) is 0 Å². The van der Waals surface area contributed by atoms with Crippen molar-refractivity contribution >= 4 is 28.5 Å². The highest BCUT2D eigenvalue weighted by Crippen LogP contribution is 2.26. The Hall–Kier alpha value is -2.63. The first kappa shape index (κ1) is 18.7. The molecule has 0 radical (unpaired) electrons. The number of carbonyl (C=O) groups excluding carboxylic acids is 1. The summed E-state index contributed by atoms with van der Waals surface area (Å²) in [5.74, 6) is -0.371. The Morgan fingerprint density at radius 1 is 1.11 bits per heavy atom. The third-order valence-electron chi connectivity index (χ3n) is 5.13. The van der Waals surface area contributed by atoms with Crippen LogP contribution in [0.5, 0.6) is 0 Å². The van der Waals surface area contributed by atoms with Gasteiger partial charge in [-0.2, -0.15) is 0 Å². The zero-order valence-corrected chi connectivity index (χ0v) is 16.1. The molecule has 1 N–H and O–H groups in total. The number of nitrogens with one attached hydrogen (secondary N) is 1. The van der Waals surface area contributed by atoms with Crippen LogP contribution in [0.25, 0.3) is 11.0 Å². The Labute approximate surface area is 167 Å². The first-order chi connectivity index (χ1) is 13.6. The number of benzene rings is 2. The number of fused-ring (bicyclic) bond motifs is 1. The molecule has 144 valence electrons. The van der Waals surface area contributed by atoms with Gasteiger partial charge in [-0.15, -0.1) is 0 Å². The quantitative estimate of drug-likeness (QED) is 0.707. The summed E-state index contributed by atoms with van der Waals surface area (Å²) in [6.07, 6.45) is 2.29. The summed E-state index contributed by atoms with van der Waals surface area (Å²) in [5.41, 5.74) is 1.25. The smallest absolute Gasteiger partial charge is 0.287 e. The lowest BCUT2D eigenvalue weighted by Gasteiger charge is -2.28. The standard InChI is InChI=1S/C22H21ClN2O3/c23-16-7-5-6-15(12-16)18(25-10-3-4-11-25)14-24-22(27)21-13-19(26)17-8-1-2-9-20(17)28-21/h1-2,5-9,12-13,18H,3-4,10-11,14H2,(H,24,27). The van der Waals surface area contributed by atoms with Crippen LogP contribution in [0.2, 0.25) is 5.02 Å². The van der Waals surface area contributed by atoms with E-state index < -0.39 is 5.91 Å². The van der Waals surface area contributed by atoms with Gasteiger partial charge in [0.05, 0.1) is 11.4 Å². The molecule has 1 fully saturated rings. The number of hydrogen-bond donors (Lipinski definition) is 1. The third-order valence-corrected chi connectivity index (χ3v) is 5.36. The zero-order valence-electron chi connectivity index (χ0n) is 15.4. The molecule has 1 aliphatic heterocycles. The van der Waals surface area contributed by atoms with E-state index in [-0.39, 0.29) is 17.2 Å².